The molecule has 27 heavy (non-hydrogen) atoms. The van der Waals surface area contributed by atoms with Crippen LogP contribution in [0.25, 0.3) is 23.1 Å². The third kappa shape index (κ3) is 3.79. The van der Waals surface area contributed by atoms with Crippen molar-refractivity contribution in [3.05, 3.63) is 61.1 Å². The fourth-order valence-corrected chi connectivity index (χ4v) is 2.57. The SMILES string of the molecule is C[C@H](Cn1cccn1)C(=O)Nc1ccc(-c2nnc(-c3ccco3)o2)cc1. The summed E-state index contributed by atoms with van der Waals surface area (Å²) in [5, 5.41) is 15.0. The summed E-state index contributed by atoms with van der Waals surface area (Å²) in [7, 11) is 0. The molecule has 0 fully saturated rings. The molecule has 1 aromatic carbocycles. The van der Waals surface area contributed by atoms with Crippen molar-refractivity contribution in [2.75, 3.05) is 5.32 Å². The van der Waals surface area contributed by atoms with Crippen LogP contribution in [0, 0.1) is 5.92 Å². The van der Waals surface area contributed by atoms with Crippen LogP contribution in [0.5, 0.6) is 0 Å². The van der Waals surface area contributed by atoms with Gasteiger partial charge in [0.05, 0.1) is 18.7 Å². The van der Waals surface area contributed by atoms with Crippen molar-refractivity contribution in [3.63, 3.8) is 0 Å². The zero-order valence-corrected chi connectivity index (χ0v) is 14.6. The number of carbonyl (C=O) groups excluding carboxylic acids is 1. The minimum Gasteiger partial charge on any atom is -0.459 e. The van der Waals surface area contributed by atoms with E-state index in [-0.39, 0.29) is 11.8 Å². The fourth-order valence-electron chi connectivity index (χ4n) is 2.57. The average molecular weight is 363 g/mol. The van der Waals surface area contributed by atoms with Crippen LogP contribution in [0.2, 0.25) is 0 Å². The van der Waals surface area contributed by atoms with E-state index in [4.69, 9.17) is 8.83 Å². The molecule has 0 unspecified atom stereocenters. The Bertz CT molecular complexity index is 1000. The summed E-state index contributed by atoms with van der Waals surface area (Å²) in [5.74, 6) is 0.933. The van der Waals surface area contributed by atoms with E-state index in [2.05, 4.69) is 20.6 Å². The van der Waals surface area contributed by atoms with Crippen LogP contribution >= 0.6 is 0 Å². The highest BCUT2D eigenvalue weighted by Crippen LogP contribution is 2.25. The Labute approximate surface area is 154 Å². The number of aromatic nitrogens is 4. The molecule has 136 valence electrons. The second kappa shape index (κ2) is 7.28. The lowest BCUT2D eigenvalue weighted by atomic mass is 10.1. The number of rotatable bonds is 6. The van der Waals surface area contributed by atoms with Crippen LogP contribution in [-0.4, -0.2) is 25.9 Å². The van der Waals surface area contributed by atoms with Gasteiger partial charge in [0, 0.05) is 23.6 Å². The standard InChI is InChI=1S/C19H17N5O3/c1-13(12-24-10-3-9-20-24)17(25)21-15-7-5-14(6-8-15)18-22-23-19(27-18)16-4-2-11-26-16/h2-11,13H,12H2,1H3,(H,21,25)/t13-/m1/s1. The van der Waals surface area contributed by atoms with Crippen molar-refractivity contribution in [2.24, 2.45) is 5.92 Å². The highest BCUT2D eigenvalue weighted by atomic mass is 16.4. The molecule has 1 N–H and O–H groups in total. The van der Waals surface area contributed by atoms with E-state index in [0.29, 0.717) is 29.8 Å². The Morgan fingerprint density at radius 3 is 2.67 bits per heavy atom. The number of nitrogens with one attached hydrogen (secondary N) is 1. The first-order valence-corrected chi connectivity index (χ1v) is 8.45. The number of furan rings is 1. The van der Waals surface area contributed by atoms with Crippen molar-refractivity contribution in [1.82, 2.24) is 20.0 Å². The summed E-state index contributed by atoms with van der Waals surface area (Å²) in [5.41, 5.74) is 1.45. The van der Waals surface area contributed by atoms with Crippen LogP contribution in [0.4, 0.5) is 5.69 Å². The van der Waals surface area contributed by atoms with Gasteiger partial charge in [0.15, 0.2) is 5.76 Å². The van der Waals surface area contributed by atoms with Gasteiger partial charge in [0.1, 0.15) is 0 Å². The van der Waals surface area contributed by atoms with E-state index in [0.717, 1.165) is 5.56 Å². The molecule has 3 heterocycles. The van der Waals surface area contributed by atoms with Gasteiger partial charge in [-0.15, -0.1) is 10.2 Å². The van der Waals surface area contributed by atoms with Crippen LogP contribution < -0.4 is 5.32 Å². The van der Waals surface area contributed by atoms with E-state index in [1.807, 2.05) is 31.3 Å². The first kappa shape index (κ1) is 16.8. The van der Waals surface area contributed by atoms with Gasteiger partial charge in [-0.1, -0.05) is 6.92 Å². The van der Waals surface area contributed by atoms with Gasteiger partial charge in [-0.2, -0.15) is 5.10 Å². The van der Waals surface area contributed by atoms with Crippen molar-refractivity contribution in [3.8, 4) is 23.1 Å². The molecule has 4 rings (SSSR count). The van der Waals surface area contributed by atoms with Crippen molar-refractivity contribution >= 4 is 11.6 Å². The first-order valence-electron chi connectivity index (χ1n) is 8.45. The zero-order chi connectivity index (χ0) is 18.6. The number of hydrogen-bond acceptors (Lipinski definition) is 6. The molecule has 8 heteroatoms. The van der Waals surface area contributed by atoms with Crippen LogP contribution in [0.1, 0.15) is 6.92 Å². The second-order valence-corrected chi connectivity index (χ2v) is 6.09. The van der Waals surface area contributed by atoms with E-state index >= 15 is 0 Å². The van der Waals surface area contributed by atoms with Gasteiger partial charge >= 0.3 is 0 Å². The molecular formula is C19H17N5O3. The molecule has 0 bridgehead atoms. The molecule has 4 aromatic rings. The molecule has 0 radical (unpaired) electrons. The normalized spacial score (nSPS) is 12.0. The Balaban J connectivity index is 1.41. The van der Waals surface area contributed by atoms with E-state index < -0.39 is 0 Å². The average Bonchev–Trinajstić information content (AvgIpc) is 3.43. The Hall–Kier alpha value is -3.68. The quantitative estimate of drug-likeness (QED) is 0.563. The molecule has 0 spiro atoms. The van der Waals surface area contributed by atoms with Crippen molar-refractivity contribution < 1.29 is 13.6 Å². The predicted molar refractivity (Wildman–Crippen MR) is 97.5 cm³/mol. The van der Waals surface area contributed by atoms with Gasteiger partial charge in [-0.05, 0) is 42.5 Å². The summed E-state index contributed by atoms with van der Waals surface area (Å²) in [6.07, 6.45) is 5.07. The number of anilines is 1. The molecular weight excluding hydrogens is 346 g/mol. The number of nitrogens with zero attached hydrogens (tertiary/aromatic N) is 4. The summed E-state index contributed by atoms with van der Waals surface area (Å²) in [4.78, 5) is 12.3. The third-order valence-electron chi connectivity index (χ3n) is 4.02. The maximum Gasteiger partial charge on any atom is 0.283 e. The van der Waals surface area contributed by atoms with E-state index in [9.17, 15) is 4.79 Å². The van der Waals surface area contributed by atoms with E-state index in [1.165, 1.54) is 0 Å². The summed E-state index contributed by atoms with van der Waals surface area (Å²) in [6.45, 7) is 2.38. The highest BCUT2D eigenvalue weighted by molar-refractivity contribution is 5.92. The second-order valence-electron chi connectivity index (χ2n) is 6.09. The lowest BCUT2D eigenvalue weighted by molar-refractivity contribution is -0.119. The largest absolute Gasteiger partial charge is 0.459 e. The lowest BCUT2D eigenvalue weighted by Crippen LogP contribution is -2.24. The third-order valence-corrected chi connectivity index (χ3v) is 4.02. The van der Waals surface area contributed by atoms with Crippen molar-refractivity contribution in [1.29, 1.82) is 0 Å². The van der Waals surface area contributed by atoms with Gasteiger partial charge in [0.25, 0.3) is 5.89 Å². The zero-order valence-electron chi connectivity index (χ0n) is 14.6. The predicted octanol–water partition coefficient (Wildman–Crippen LogP) is 3.47. The number of carbonyl (C=O) groups is 1. The van der Waals surface area contributed by atoms with Gasteiger partial charge < -0.3 is 14.2 Å². The van der Waals surface area contributed by atoms with Gasteiger partial charge in [-0.25, -0.2) is 0 Å². The number of amides is 1. The summed E-state index contributed by atoms with van der Waals surface area (Å²) >= 11 is 0. The lowest BCUT2D eigenvalue weighted by Gasteiger charge is -2.12. The number of benzene rings is 1. The highest BCUT2D eigenvalue weighted by Gasteiger charge is 2.15. The first-order chi connectivity index (χ1) is 13.2. The molecule has 0 aliphatic rings. The minimum atomic E-state index is -0.212. The smallest absolute Gasteiger partial charge is 0.283 e. The monoisotopic (exact) mass is 363 g/mol. The van der Waals surface area contributed by atoms with Crippen LogP contribution in [-0.2, 0) is 11.3 Å². The van der Waals surface area contributed by atoms with Crippen LogP contribution in [0.3, 0.4) is 0 Å². The molecule has 0 saturated heterocycles. The molecule has 0 aliphatic carbocycles. The Morgan fingerprint density at radius 2 is 1.96 bits per heavy atom. The van der Waals surface area contributed by atoms with Crippen LogP contribution in [0.15, 0.2) is 70.0 Å². The Morgan fingerprint density at radius 1 is 1.15 bits per heavy atom. The topological polar surface area (TPSA) is 99.0 Å². The maximum absolute atomic E-state index is 12.3. The van der Waals surface area contributed by atoms with Gasteiger partial charge in [0.2, 0.25) is 11.8 Å². The molecule has 8 nitrogen and oxygen atoms in total. The van der Waals surface area contributed by atoms with Gasteiger partial charge in [-0.3, -0.25) is 9.48 Å². The molecule has 0 aliphatic heterocycles. The Kier molecular flexibility index (Phi) is 4.52. The molecule has 0 saturated carbocycles. The fraction of sp³-hybridized carbons (Fsp3) is 0.158. The molecule has 3 aromatic heterocycles. The van der Waals surface area contributed by atoms with Crippen molar-refractivity contribution in [2.45, 2.75) is 13.5 Å². The molecule has 1 atom stereocenters. The minimum absolute atomic E-state index is 0.0730. The van der Waals surface area contributed by atoms with E-state index in [1.54, 1.807) is 41.4 Å². The number of hydrogen-bond donors (Lipinski definition) is 1. The summed E-state index contributed by atoms with van der Waals surface area (Å²) < 4.78 is 12.6. The maximum atomic E-state index is 12.3. The molecule has 1 amide bonds. The summed E-state index contributed by atoms with van der Waals surface area (Å²) in [6, 6.07) is 12.6.